The van der Waals surface area contributed by atoms with E-state index < -0.39 is 0 Å². The Morgan fingerprint density at radius 3 is 2.45 bits per heavy atom. The van der Waals surface area contributed by atoms with Gasteiger partial charge in [-0.2, -0.15) is 0 Å². The minimum atomic E-state index is -0.261. The van der Waals surface area contributed by atoms with Crippen molar-refractivity contribution in [3.05, 3.63) is 35.4 Å². The van der Waals surface area contributed by atoms with Crippen molar-refractivity contribution in [2.24, 2.45) is 5.92 Å². The smallest absolute Gasteiger partial charge is 0.243 e. The molecule has 2 rings (SSSR count). The van der Waals surface area contributed by atoms with Gasteiger partial charge < -0.3 is 5.32 Å². The van der Waals surface area contributed by atoms with Gasteiger partial charge in [-0.05, 0) is 29.9 Å². The molecular weight excluding hydrogens is 252 g/mol. The number of nitrogens with one attached hydrogen (secondary N) is 2. The van der Waals surface area contributed by atoms with Gasteiger partial charge in [-0.1, -0.05) is 38.1 Å². The molecule has 4 heteroatoms. The highest BCUT2D eigenvalue weighted by Crippen LogP contribution is 2.11. The zero-order valence-corrected chi connectivity index (χ0v) is 12.1. The maximum atomic E-state index is 11.6. The van der Waals surface area contributed by atoms with Gasteiger partial charge in [0.1, 0.15) is 0 Å². The lowest BCUT2D eigenvalue weighted by atomic mass is 10.0. The Morgan fingerprint density at radius 1 is 1.20 bits per heavy atom. The number of carbonyl (C=O) groups excluding carboxylic acids is 2. The van der Waals surface area contributed by atoms with Crippen LogP contribution in [0.15, 0.2) is 24.3 Å². The van der Waals surface area contributed by atoms with Crippen LogP contribution < -0.4 is 10.6 Å². The van der Waals surface area contributed by atoms with Gasteiger partial charge in [0.2, 0.25) is 11.8 Å². The fraction of sp³-hybridized carbons (Fsp3) is 0.500. The average molecular weight is 274 g/mol. The van der Waals surface area contributed by atoms with Crippen molar-refractivity contribution in [2.75, 3.05) is 0 Å². The number of hydrogen-bond acceptors (Lipinski definition) is 3. The highest BCUT2D eigenvalue weighted by atomic mass is 16.2. The van der Waals surface area contributed by atoms with Gasteiger partial charge in [0.05, 0.1) is 6.04 Å². The number of piperidine rings is 1. The maximum Gasteiger partial charge on any atom is 0.243 e. The van der Waals surface area contributed by atoms with Crippen molar-refractivity contribution in [1.29, 1.82) is 0 Å². The molecule has 2 N–H and O–H groups in total. The van der Waals surface area contributed by atoms with Gasteiger partial charge >= 0.3 is 0 Å². The number of rotatable bonds is 5. The number of amides is 2. The summed E-state index contributed by atoms with van der Waals surface area (Å²) in [5.74, 6) is 0.270. The Bertz CT molecular complexity index is 480. The summed E-state index contributed by atoms with van der Waals surface area (Å²) in [6, 6.07) is 8.21. The summed E-state index contributed by atoms with van der Waals surface area (Å²) in [6.07, 6.45) is 2.08. The molecule has 0 aromatic heterocycles. The molecule has 0 bridgehead atoms. The molecule has 20 heavy (non-hydrogen) atoms. The van der Waals surface area contributed by atoms with Gasteiger partial charge in [-0.25, -0.2) is 0 Å². The van der Waals surface area contributed by atoms with Crippen LogP contribution in [0.4, 0.5) is 0 Å². The molecule has 108 valence electrons. The fourth-order valence-corrected chi connectivity index (χ4v) is 2.39. The number of hydrogen-bond donors (Lipinski definition) is 2. The summed E-state index contributed by atoms with van der Waals surface area (Å²) in [7, 11) is 0. The van der Waals surface area contributed by atoms with Gasteiger partial charge in [-0.15, -0.1) is 0 Å². The van der Waals surface area contributed by atoms with Crippen LogP contribution in [-0.2, 0) is 22.6 Å². The third-order valence-corrected chi connectivity index (χ3v) is 3.46. The third-order valence-electron chi connectivity index (χ3n) is 3.46. The number of imide groups is 1. The van der Waals surface area contributed by atoms with Crippen molar-refractivity contribution in [1.82, 2.24) is 10.6 Å². The summed E-state index contributed by atoms with van der Waals surface area (Å²) in [6.45, 7) is 5.06. The van der Waals surface area contributed by atoms with Crippen LogP contribution in [0.25, 0.3) is 0 Å². The van der Waals surface area contributed by atoms with Crippen molar-refractivity contribution in [3.8, 4) is 0 Å². The molecule has 1 heterocycles. The third kappa shape index (κ3) is 4.17. The molecule has 2 amide bonds. The molecule has 0 aliphatic carbocycles. The van der Waals surface area contributed by atoms with Crippen LogP contribution in [0.1, 0.15) is 37.8 Å². The van der Waals surface area contributed by atoms with Crippen LogP contribution in [-0.4, -0.2) is 17.9 Å². The maximum absolute atomic E-state index is 11.6. The van der Waals surface area contributed by atoms with Gasteiger partial charge in [-0.3, -0.25) is 14.9 Å². The number of carbonyl (C=O) groups is 2. The fourth-order valence-electron chi connectivity index (χ4n) is 2.39. The standard InChI is InChI=1S/C16H22N2O2/c1-11(2)9-12-3-5-13(6-4-12)10-17-14-7-8-15(19)18-16(14)20/h3-6,11,14,17H,7-10H2,1-2H3,(H,18,19,20). The lowest BCUT2D eigenvalue weighted by molar-refractivity contribution is -0.134. The van der Waals surface area contributed by atoms with Gasteiger partial charge in [0.15, 0.2) is 0 Å². The second-order valence-electron chi connectivity index (χ2n) is 5.80. The summed E-state index contributed by atoms with van der Waals surface area (Å²) >= 11 is 0. The SMILES string of the molecule is CC(C)Cc1ccc(CNC2CCC(=O)NC2=O)cc1. The second-order valence-corrected chi connectivity index (χ2v) is 5.80. The first kappa shape index (κ1) is 14.7. The molecule has 1 atom stereocenters. The predicted molar refractivity (Wildman–Crippen MR) is 78.0 cm³/mol. The molecule has 1 fully saturated rings. The van der Waals surface area contributed by atoms with Crippen molar-refractivity contribution in [3.63, 3.8) is 0 Å². The van der Waals surface area contributed by atoms with Gasteiger partial charge in [0.25, 0.3) is 0 Å². The first-order valence-electron chi connectivity index (χ1n) is 7.19. The minimum Gasteiger partial charge on any atom is -0.302 e. The molecule has 0 saturated carbocycles. The van der Waals surface area contributed by atoms with E-state index in [0.717, 1.165) is 12.0 Å². The van der Waals surface area contributed by atoms with Crippen LogP contribution >= 0.6 is 0 Å². The first-order valence-corrected chi connectivity index (χ1v) is 7.19. The summed E-state index contributed by atoms with van der Waals surface area (Å²) in [5.41, 5.74) is 2.49. The molecule has 1 aromatic rings. The Balaban J connectivity index is 1.84. The minimum absolute atomic E-state index is 0.175. The predicted octanol–water partition coefficient (Wildman–Crippen LogP) is 1.78. The van der Waals surface area contributed by atoms with Crippen LogP contribution in [0, 0.1) is 5.92 Å². The Morgan fingerprint density at radius 2 is 1.85 bits per heavy atom. The first-order chi connectivity index (χ1) is 9.54. The normalized spacial score (nSPS) is 19.2. The monoisotopic (exact) mass is 274 g/mol. The zero-order valence-electron chi connectivity index (χ0n) is 12.1. The molecule has 1 aliphatic heterocycles. The van der Waals surface area contributed by atoms with E-state index in [9.17, 15) is 9.59 Å². The van der Waals surface area contributed by atoms with Crippen LogP contribution in [0.3, 0.4) is 0 Å². The molecule has 0 radical (unpaired) electrons. The van der Waals surface area contributed by atoms with E-state index in [1.807, 2.05) is 0 Å². The Kier molecular flexibility index (Phi) is 4.90. The molecular formula is C16H22N2O2. The zero-order chi connectivity index (χ0) is 14.5. The number of benzene rings is 1. The lowest BCUT2D eigenvalue weighted by Crippen LogP contribution is -2.50. The largest absolute Gasteiger partial charge is 0.302 e. The van der Waals surface area contributed by atoms with Crippen LogP contribution in [0.5, 0.6) is 0 Å². The van der Waals surface area contributed by atoms with E-state index in [4.69, 9.17) is 0 Å². The van der Waals surface area contributed by atoms with E-state index in [1.165, 1.54) is 5.56 Å². The van der Waals surface area contributed by atoms with E-state index in [2.05, 4.69) is 48.7 Å². The molecule has 0 spiro atoms. The molecule has 4 nitrogen and oxygen atoms in total. The van der Waals surface area contributed by atoms with Crippen LogP contribution in [0.2, 0.25) is 0 Å². The molecule has 1 aromatic carbocycles. The van der Waals surface area contributed by atoms with E-state index in [0.29, 0.717) is 25.3 Å². The van der Waals surface area contributed by atoms with Crippen molar-refractivity contribution < 1.29 is 9.59 Å². The van der Waals surface area contributed by atoms with E-state index in [-0.39, 0.29) is 17.9 Å². The van der Waals surface area contributed by atoms with Crippen molar-refractivity contribution >= 4 is 11.8 Å². The average Bonchev–Trinajstić information content (AvgIpc) is 2.39. The van der Waals surface area contributed by atoms with Gasteiger partial charge in [0, 0.05) is 13.0 Å². The highest BCUT2D eigenvalue weighted by molar-refractivity contribution is 6.00. The van der Waals surface area contributed by atoms with E-state index >= 15 is 0 Å². The topological polar surface area (TPSA) is 58.2 Å². The Labute approximate surface area is 119 Å². The Hall–Kier alpha value is -1.68. The highest BCUT2D eigenvalue weighted by Gasteiger charge is 2.25. The summed E-state index contributed by atoms with van der Waals surface area (Å²) in [4.78, 5) is 22.7. The molecule has 1 unspecified atom stereocenters. The summed E-state index contributed by atoms with van der Waals surface area (Å²) in [5, 5.41) is 5.56. The van der Waals surface area contributed by atoms with E-state index in [1.54, 1.807) is 0 Å². The lowest BCUT2D eigenvalue weighted by Gasteiger charge is -2.21. The molecule has 1 saturated heterocycles. The quantitative estimate of drug-likeness (QED) is 0.805. The summed E-state index contributed by atoms with van der Waals surface area (Å²) < 4.78 is 0. The second kappa shape index (κ2) is 6.66. The molecule has 1 aliphatic rings. The van der Waals surface area contributed by atoms with Crippen molar-refractivity contribution in [2.45, 2.75) is 45.7 Å².